The Morgan fingerprint density at radius 1 is 1.55 bits per heavy atom. The van der Waals surface area contributed by atoms with E-state index in [9.17, 15) is 9.18 Å². The highest BCUT2D eigenvalue weighted by Gasteiger charge is 1.97. The summed E-state index contributed by atoms with van der Waals surface area (Å²) in [5.74, 6) is -0.253. The number of halogens is 1. The summed E-state index contributed by atoms with van der Waals surface area (Å²) in [6.07, 6.45) is 1.19. The zero-order valence-electron chi connectivity index (χ0n) is 6.30. The van der Waals surface area contributed by atoms with Gasteiger partial charge in [-0.2, -0.15) is 0 Å². The fraction of sp³-hybridized carbons (Fsp3) is 0.222. The molecule has 0 aliphatic heterocycles. The van der Waals surface area contributed by atoms with Crippen LogP contribution in [0.4, 0.5) is 4.39 Å². The molecule has 0 bridgehead atoms. The van der Waals surface area contributed by atoms with Gasteiger partial charge in [-0.15, -0.1) is 0 Å². The molecule has 0 N–H and O–H groups in total. The summed E-state index contributed by atoms with van der Waals surface area (Å²) < 4.78 is 12.5. The molecule has 1 nitrogen and oxygen atoms in total. The van der Waals surface area contributed by atoms with E-state index in [-0.39, 0.29) is 5.82 Å². The lowest BCUT2D eigenvalue weighted by atomic mass is 10.1. The fourth-order valence-electron chi connectivity index (χ4n) is 0.978. The molecule has 0 unspecified atom stereocenters. The molecule has 0 aromatic heterocycles. The van der Waals surface area contributed by atoms with Gasteiger partial charge in [-0.25, -0.2) is 4.39 Å². The Hall–Kier alpha value is -1.18. The molecular weight excluding hydrogens is 143 g/mol. The first-order chi connectivity index (χ1) is 5.24. The van der Waals surface area contributed by atoms with Gasteiger partial charge in [-0.05, 0) is 30.2 Å². The van der Waals surface area contributed by atoms with Crippen LogP contribution in [-0.2, 0) is 11.2 Å². The van der Waals surface area contributed by atoms with Crippen LogP contribution in [-0.4, -0.2) is 6.29 Å². The maximum Gasteiger partial charge on any atom is 0.124 e. The van der Waals surface area contributed by atoms with Crippen LogP contribution in [0.15, 0.2) is 18.2 Å². The molecule has 0 radical (unpaired) electrons. The van der Waals surface area contributed by atoms with Gasteiger partial charge >= 0.3 is 0 Å². The first-order valence-corrected chi connectivity index (χ1v) is 3.42. The van der Waals surface area contributed by atoms with E-state index >= 15 is 0 Å². The second kappa shape index (κ2) is 3.28. The second-order valence-corrected chi connectivity index (χ2v) is 2.44. The molecule has 0 saturated heterocycles. The Balaban J connectivity index is 2.98. The van der Waals surface area contributed by atoms with Crippen LogP contribution in [0.25, 0.3) is 0 Å². The molecular formula is C9H9FO. The summed E-state index contributed by atoms with van der Waals surface area (Å²) in [5.41, 5.74) is 1.72. The normalized spacial score (nSPS) is 9.64. The Bertz CT molecular complexity index is 268. The van der Waals surface area contributed by atoms with Crippen molar-refractivity contribution in [1.82, 2.24) is 0 Å². The highest BCUT2D eigenvalue weighted by atomic mass is 19.1. The monoisotopic (exact) mass is 152 g/mol. The summed E-state index contributed by atoms with van der Waals surface area (Å²) in [6, 6.07) is 4.43. The first-order valence-electron chi connectivity index (χ1n) is 3.42. The van der Waals surface area contributed by atoms with Gasteiger partial charge in [0.05, 0.1) is 0 Å². The zero-order chi connectivity index (χ0) is 8.27. The van der Waals surface area contributed by atoms with Crippen molar-refractivity contribution in [3.8, 4) is 0 Å². The van der Waals surface area contributed by atoms with Gasteiger partial charge in [0.15, 0.2) is 0 Å². The van der Waals surface area contributed by atoms with E-state index in [2.05, 4.69) is 0 Å². The molecule has 0 atom stereocenters. The van der Waals surface area contributed by atoms with Crippen molar-refractivity contribution in [3.63, 3.8) is 0 Å². The third-order valence-electron chi connectivity index (χ3n) is 1.61. The highest BCUT2D eigenvalue weighted by Crippen LogP contribution is 2.09. The second-order valence-electron chi connectivity index (χ2n) is 2.44. The topological polar surface area (TPSA) is 17.1 Å². The first kappa shape index (κ1) is 7.92. The van der Waals surface area contributed by atoms with Crippen LogP contribution in [0, 0.1) is 12.7 Å². The Morgan fingerprint density at radius 2 is 2.27 bits per heavy atom. The molecule has 1 aromatic rings. The van der Waals surface area contributed by atoms with Gasteiger partial charge < -0.3 is 4.79 Å². The smallest absolute Gasteiger partial charge is 0.124 e. The maximum absolute atomic E-state index is 12.5. The van der Waals surface area contributed by atoms with Crippen molar-refractivity contribution in [2.75, 3.05) is 0 Å². The predicted octanol–water partition coefficient (Wildman–Crippen LogP) is 1.88. The lowest BCUT2D eigenvalue weighted by molar-refractivity contribution is -0.107. The number of carbonyl (C=O) groups is 1. The minimum Gasteiger partial charge on any atom is -0.303 e. The summed E-state index contributed by atoms with van der Waals surface area (Å²) in [6.45, 7) is 1.79. The number of hydrogen-bond acceptors (Lipinski definition) is 1. The summed E-state index contributed by atoms with van der Waals surface area (Å²) in [4.78, 5) is 10.1. The van der Waals surface area contributed by atoms with Crippen LogP contribution in [0.3, 0.4) is 0 Å². The van der Waals surface area contributed by atoms with Crippen molar-refractivity contribution >= 4 is 6.29 Å². The van der Waals surface area contributed by atoms with Crippen LogP contribution in [0.2, 0.25) is 0 Å². The minimum atomic E-state index is -0.253. The molecule has 0 amide bonds. The van der Waals surface area contributed by atoms with Crippen molar-refractivity contribution in [1.29, 1.82) is 0 Å². The van der Waals surface area contributed by atoms with Crippen molar-refractivity contribution in [2.45, 2.75) is 13.3 Å². The molecule has 0 aliphatic rings. The van der Waals surface area contributed by atoms with E-state index in [0.29, 0.717) is 6.42 Å². The zero-order valence-corrected chi connectivity index (χ0v) is 6.30. The molecule has 0 spiro atoms. The van der Waals surface area contributed by atoms with E-state index in [0.717, 1.165) is 17.4 Å². The molecule has 2 heteroatoms. The van der Waals surface area contributed by atoms with Crippen molar-refractivity contribution < 1.29 is 9.18 Å². The molecule has 58 valence electrons. The lowest BCUT2D eigenvalue weighted by Gasteiger charge is -1.99. The van der Waals surface area contributed by atoms with E-state index < -0.39 is 0 Å². The van der Waals surface area contributed by atoms with E-state index in [1.54, 1.807) is 13.0 Å². The number of hydrogen-bond donors (Lipinski definition) is 0. The highest BCUT2D eigenvalue weighted by molar-refractivity contribution is 5.56. The fourth-order valence-corrected chi connectivity index (χ4v) is 0.978. The van der Waals surface area contributed by atoms with Crippen LogP contribution in [0.1, 0.15) is 11.1 Å². The van der Waals surface area contributed by atoms with Crippen molar-refractivity contribution in [3.05, 3.63) is 35.1 Å². The van der Waals surface area contributed by atoms with Gasteiger partial charge in [0.25, 0.3) is 0 Å². The minimum absolute atomic E-state index is 0.253. The third-order valence-corrected chi connectivity index (χ3v) is 1.61. The summed E-state index contributed by atoms with van der Waals surface area (Å²) in [5, 5.41) is 0. The van der Waals surface area contributed by atoms with Gasteiger partial charge in [0.2, 0.25) is 0 Å². The van der Waals surface area contributed by atoms with Gasteiger partial charge in [-0.3, -0.25) is 0 Å². The summed E-state index contributed by atoms with van der Waals surface area (Å²) in [7, 11) is 0. The van der Waals surface area contributed by atoms with Gasteiger partial charge in [0, 0.05) is 6.42 Å². The average Bonchev–Trinajstić information content (AvgIpc) is 1.95. The van der Waals surface area contributed by atoms with Crippen LogP contribution < -0.4 is 0 Å². The molecule has 0 saturated carbocycles. The van der Waals surface area contributed by atoms with Gasteiger partial charge in [0.1, 0.15) is 12.1 Å². The Kier molecular flexibility index (Phi) is 2.36. The maximum atomic E-state index is 12.5. The number of carbonyl (C=O) groups excluding carboxylic acids is 1. The third kappa shape index (κ3) is 1.87. The number of rotatable bonds is 2. The Labute approximate surface area is 64.9 Å². The largest absolute Gasteiger partial charge is 0.303 e. The average molecular weight is 152 g/mol. The van der Waals surface area contributed by atoms with Crippen molar-refractivity contribution in [2.24, 2.45) is 0 Å². The van der Waals surface area contributed by atoms with E-state index in [4.69, 9.17) is 0 Å². The number of benzene rings is 1. The van der Waals surface area contributed by atoms with E-state index in [1.165, 1.54) is 12.1 Å². The van der Waals surface area contributed by atoms with Gasteiger partial charge in [-0.1, -0.05) is 6.07 Å². The number of aldehydes is 1. The van der Waals surface area contributed by atoms with Crippen LogP contribution in [0.5, 0.6) is 0 Å². The quantitative estimate of drug-likeness (QED) is 0.591. The molecule has 1 rings (SSSR count). The molecule has 0 aliphatic carbocycles. The molecule has 11 heavy (non-hydrogen) atoms. The SMILES string of the molecule is Cc1cc(F)ccc1CC=O. The number of aryl methyl sites for hydroxylation is 1. The predicted molar refractivity (Wildman–Crippen MR) is 40.9 cm³/mol. The Morgan fingerprint density at radius 3 is 2.82 bits per heavy atom. The molecule has 0 fully saturated rings. The van der Waals surface area contributed by atoms with Crippen LogP contribution >= 0.6 is 0 Å². The van der Waals surface area contributed by atoms with E-state index in [1.807, 2.05) is 0 Å². The molecule has 1 aromatic carbocycles. The summed E-state index contributed by atoms with van der Waals surface area (Å²) >= 11 is 0. The molecule has 0 heterocycles. The lowest BCUT2D eigenvalue weighted by Crippen LogP contribution is -1.90. The standard InChI is InChI=1S/C9H9FO/c1-7-6-9(10)3-2-8(7)4-5-11/h2-3,5-6H,4H2,1H3.